The zero-order valence-corrected chi connectivity index (χ0v) is 15.9. The van der Waals surface area contributed by atoms with Crippen molar-refractivity contribution in [3.63, 3.8) is 0 Å². The number of piperidine rings is 1. The van der Waals surface area contributed by atoms with Crippen molar-refractivity contribution in [2.75, 3.05) is 27.3 Å². The summed E-state index contributed by atoms with van der Waals surface area (Å²) in [6, 6.07) is 8.46. The van der Waals surface area contributed by atoms with Gasteiger partial charge in [-0.15, -0.1) is 0 Å². The van der Waals surface area contributed by atoms with E-state index in [2.05, 4.69) is 0 Å². The monoisotopic (exact) mass is 391 g/mol. The molecule has 1 aliphatic rings. The second-order valence-electron chi connectivity index (χ2n) is 6.66. The van der Waals surface area contributed by atoms with Gasteiger partial charge in [-0.25, -0.2) is 8.78 Å². The third-order valence-electron chi connectivity index (χ3n) is 4.75. The first kappa shape index (κ1) is 20.1. The number of likely N-dealkylation sites (tertiary alicyclic amines) is 1. The lowest BCUT2D eigenvalue weighted by Gasteiger charge is -2.33. The number of benzene rings is 2. The first-order chi connectivity index (χ1) is 13.5. The van der Waals surface area contributed by atoms with Crippen molar-refractivity contribution in [2.45, 2.75) is 25.6 Å². The van der Waals surface area contributed by atoms with E-state index in [9.17, 15) is 13.6 Å². The highest BCUT2D eigenvalue weighted by atomic mass is 19.1. The van der Waals surface area contributed by atoms with Crippen LogP contribution in [0.25, 0.3) is 0 Å². The topological polar surface area (TPSA) is 48.0 Å². The fourth-order valence-electron chi connectivity index (χ4n) is 3.22. The van der Waals surface area contributed by atoms with Gasteiger partial charge in [-0.2, -0.15) is 0 Å². The van der Waals surface area contributed by atoms with E-state index >= 15 is 0 Å². The second-order valence-corrected chi connectivity index (χ2v) is 6.66. The molecule has 28 heavy (non-hydrogen) atoms. The first-order valence-electron chi connectivity index (χ1n) is 9.08. The van der Waals surface area contributed by atoms with Gasteiger partial charge in [0.15, 0.2) is 0 Å². The number of hydrogen-bond donors (Lipinski definition) is 0. The molecule has 1 atom stereocenters. The molecule has 3 rings (SSSR count). The molecule has 1 fully saturated rings. The number of ether oxygens (including phenoxy) is 3. The Balaban J connectivity index is 1.65. The number of carbonyl (C=O) groups excluding carboxylic acids is 1. The zero-order chi connectivity index (χ0) is 20.1. The van der Waals surface area contributed by atoms with Gasteiger partial charge in [-0.05, 0) is 31.0 Å². The van der Waals surface area contributed by atoms with E-state index in [4.69, 9.17) is 14.2 Å². The summed E-state index contributed by atoms with van der Waals surface area (Å²) < 4.78 is 43.0. The SMILES string of the molecule is COc1cc(OC)cc(C(=O)N2CCCC(OCc3ccc(F)cc3F)C2)c1. The van der Waals surface area contributed by atoms with Gasteiger partial charge < -0.3 is 19.1 Å². The smallest absolute Gasteiger partial charge is 0.254 e. The van der Waals surface area contributed by atoms with Crippen LogP contribution < -0.4 is 9.47 Å². The molecule has 0 aromatic heterocycles. The van der Waals surface area contributed by atoms with E-state index in [0.29, 0.717) is 35.7 Å². The summed E-state index contributed by atoms with van der Waals surface area (Å²) in [6.07, 6.45) is 1.34. The Morgan fingerprint density at radius 2 is 1.82 bits per heavy atom. The molecule has 0 spiro atoms. The Bertz CT molecular complexity index is 821. The number of rotatable bonds is 6. The number of amides is 1. The zero-order valence-electron chi connectivity index (χ0n) is 15.9. The molecule has 0 aliphatic carbocycles. The summed E-state index contributed by atoms with van der Waals surface area (Å²) in [4.78, 5) is 14.6. The lowest BCUT2D eigenvalue weighted by Crippen LogP contribution is -2.43. The van der Waals surface area contributed by atoms with E-state index in [1.54, 1.807) is 23.1 Å². The van der Waals surface area contributed by atoms with Crippen LogP contribution in [0.3, 0.4) is 0 Å². The molecule has 5 nitrogen and oxygen atoms in total. The third-order valence-corrected chi connectivity index (χ3v) is 4.75. The van der Waals surface area contributed by atoms with E-state index in [1.165, 1.54) is 26.4 Å². The van der Waals surface area contributed by atoms with Crippen LogP contribution in [0.2, 0.25) is 0 Å². The number of nitrogens with zero attached hydrogens (tertiary/aromatic N) is 1. The van der Waals surface area contributed by atoms with E-state index in [-0.39, 0.29) is 18.6 Å². The lowest BCUT2D eigenvalue weighted by atomic mass is 10.1. The molecule has 0 N–H and O–H groups in total. The van der Waals surface area contributed by atoms with E-state index in [0.717, 1.165) is 18.9 Å². The standard InChI is InChI=1S/C21H23F2NO4/c1-26-18-8-15(9-19(11-18)27-2)21(25)24-7-3-4-17(12-24)28-13-14-5-6-16(22)10-20(14)23/h5-6,8-11,17H,3-4,7,12-13H2,1-2H3. The summed E-state index contributed by atoms with van der Waals surface area (Å²) in [5.74, 6) is -0.311. The maximum absolute atomic E-state index is 13.8. The van der Waals surface area contributed by atoms with Crippen molar-refractivity contribution in [2.24, 2.45) is 0 Å². The summed E-state index contributed by atoms with van der Waals surface area (Å²) in [7, 11) is 3.06. The Labute approximate surface area is 162 Å². The Morgan fingerprint density at radius 1 is 1.11 bits per heavy atom. The van der Waals surface area contributed by atoms with Crippen LogP contribution in [0.5, 0.6) is 11.5 Å². The minimum atomic E-state index is -0.632. The van der Waals surface area contributed by atoms with Gasteiger partial charge >= 0.3 is 0 Å². The lowest BCUT2D eigenvalue weighted by molar-refractivity contribution is -0.00765. The first-order valence-corrected chi connectivity index (χ1v) is 9.08. The molecule has 0 radical (unpaired) electrons. The van der Waals surface area contributed by atoms with Crippen molar-refractivity contribution in [3.05, 3.63) is 59.2 Å². The van der Waals surface area contributed by atoms with Gasteiger partial charge in [0.25, 0.3) is 5.91 Å². The third kappa shape index (κ3) is 4.78. The molecule has 1 amide bonds. The minimum Gasteiger partial charge on any atom is -0.497 e. The Kier molecular flexibility index (Phi) is 6.46. The predicted molar refractivity (Wildman–Crippen MR) is 99.6 cm³/mol. The molecule has 1 heterocycles. The normalized spacial score (nSPS) is 16.7. The number of hydrogen-bond acceptors (Lipinski definition) is 4. The maximum Gasteiger partial charge on any atom is 0.254 e. The van der Waals surface area contributed by atoms with Gasteiger partial charge in [0.1, 0.15) is 23.1 Å². The van der Waals surface area contributed by atoms with Gasteiger partial charge in [0, 0.05) is 36.3 Å². The van der Waals surface area contributed by atoms with Crippen LogP contribution in [0, 0.1) is 11.6 Å². The molecule has 1 saturated heterocycles. The summed E-state index contributed by atoms with van der Waals surface area (Å²) in [5.41, 5.74) is 0.767. The molecule has 0 bridgehead atoms. The molecular formula is C21H23F2NO4. The minimum absolute atomic E-state index is 0.0335. The summed E-state index contributed by atoms with van der Waals surface area (Å²) in [6.45, 7) is 1.05. The van der Waals surface area contributed by atoms with Crippen LogP contribution in [0.1, 0.15) is 28.8 Å². The van der Waals surface area contributed by atoms with Gasteiger partial charge in [0.05, 0.1) is 26.9 Å². The van der Waals surface area contributed by atoms with Crippen LogP contribution >= 0.6 is 0 Å². The second kappa shape index (κ2) is 9.01. The molecule has 0 saturated carbocycles. The average Bonchev–Trinajstić information content (AvgIpc) is 2.72. The van der Waals surface area contributed by atoms with Crippen molar-refractivity contribution >= 4 is 5.91 Å². The molecule has 1 unspecified atom stereocenters. The molecule has 150 valence electrons. The Hall–Kier alpha value is -2.67. The van der Waals surface area contributed by atoms with Crippen molar-refractivity contribution < 1.29 is 27.8 Å². The maximum atomic E-state index is 13.8. The summed E-state index contributed by atoms with van der Waals surface area (Å²) >= 11 is 0. The van der Waals surface area contributed by atoms with Gasteiger partial charge in [-0.1, -0.05) is 6.07 Å². The van der Waals surface area contributed by atoms with E-state index < -0.39 is 11.6 Å². The number of halogens is 2. The van der Waals surface area contributed by atoms with Gasteiger partial charge in [-0.3, -0.25) is 4.79 Å². The van der Waals surface area contributed by atoms with Crippen molar-refractivity contribution in [3.8, 4) is 11.5 Å². The van der Waals surface area contributed by atoms with Crippen LogP contribution in [-0.4, -0.2) is 44.2 Å². The highest BCUT2D eigenvalue weighted by molar-refractivity contribution is 5.95. The van der Waals surface area contributed by atoms with Crippen molar-refractivity contribution in [1.82, 2.24) is 4.90 Å². The highest BCUT2D eigenvalue weighted by Crippen LogP contribution is 2.25. The van der Waals surface area contributed by atoms with Gasteiger partial charge in [0.2, 0.25) is 0 Å². The fraction of sp³-hybridized carbons (Fsp3) is 0.381. The Morgan fingerprint density at radius 3 is 2.46 bits per heavy atom. The molecular weight excluding hydrogens is 368 g/mol. The predicted octanol–water partition coefficient (Wildman–Crippen LogP) is 3.80. The van der Waals surface area contributed by atoms with Crippen LogP contribution in [0.15, 0.2) is 36.4 Å². The molecule has 2 aromatic rings. The average molecular weight is 391 g/mol. The molecule has 2 aromatic carbocycles. The largest absolute Gasteiger partial charge is 0.497 e. The van der Waals surface area contributed by atoms with Crippen molar-refractivity contribution in [1.29, 1.82) is 0 Å². The summed E-state index contributed by atoms with van der Waals surface area (Å²) in [5, 5.41) is 0. The van der Waals surface area contributed by atoms with Crippen LogP contribution in [0.4, 0.5) is 8.78 Å². The highest BCUT2D eigenvalue weighted by Gasteiger charge is 2.26. The van der Waals surface area contributed by atoms with Crippen LogP contribution in [-0.2, 0) is 11.3 Å². The van der Waals surface area contributed by atoms with E-state index in [1.807, 2.05) is 0 Å². The molecule has 1 aliphatic heterocycles. The fourth-order valence-corrected chi connectivity index (χ4v) is 3.22. The molecule has 7 heteroatoms. The quantitative estimate of drug-likeness (QED) is 0.752. The number of methoxy groups -OCH3 is 2. The number of carbonyl (C=O) groups is 1.